The maximum atomic E-state index is 12.9. The molecular weight excluding hydrogens is 356 g/mol. The minimum Gasteiger partial charge on any atom is -0.335 e. The quantitative estimate of drug-likeness (QED) is 0.888. The van der Waals surface area contributed by atoms with E-state index in [-0.39, 0.29) is 16.8 Å². The minimum absolute atomic E-state index is 0.0161. The summed E-state index contributed by atoms with van der Waals surface area (Å²) >= 11 is 1.68. The second-order valence-electron chi connectivity index (χ2n) is 6.46. The lowest BCUT2D eigenvalue weighted by Crippen LogP contribution is -2.30. The summed E-state index contributed by atoms with van der Waals surface area (Å²) in [6.07, 6.45) is 4.38. The molecule has 1 aromatic carbocycles. The fourth-order valence-corrected chi connectivity index (χ4v) is 4.83. The Morgan fingerprint density at radius 3 is 2.48 bits per heavy atom. The number of fused-ring (bicyclic) bond motifs is 1. The van der Waals surface area contributed by atoms with E-state index in [9.17, 15) is 13.2 Å². The summed E-state index contributed by atoms with van der Waals surface area (Å²) in [4.78, 5) is 16.1. The molecule has 25 heavy (non-hydrogen) atoms. The third-order valence-electron chi connectivity index (χ3n) is 4.88. The van der Waals surface area contributed by atoms with Crippen molar-refractivity contribution in [2.75, 3.05) is 7.05 Å². The van der Waals surface area contributed by atoms with Crippen LogP contribution in [0.5, 0.6) is 0 Å². The molecule has 0 bridgehead atoms. The van der Waals surface area contributed by atoms with Crippen LogP contribution in [0.15, 0.2) is 34.5 Å². The van der Waals surface area contributed by atoms with Crippen LogP contribution in [-0.2, 0) is 22.9 Å². The summed E-state index contributed by atoms with van der Waals surface area (Å²) < 4.78 is 22.7. The number of sulfonamides is 1. The van der Waals surface area contributed by atoms with Gasteiger partial charge in [0.05, 0.1) is 16.5 Å². The monoisotopic (exact) mass is 378 g/mol. The van der Waals surface area contributed by atoms with Gasteiger partial charge < -0.3 is 4.90 Å². The van der Waals surface area contributed by atoms with Crippen molar-refractivity contribution in [1.82, 2.24) is 4.90 Å². The van der Waals surface area contributed by atoms with E-state index >= 15 is 0 Å². The minimum atomic E-state index is -3.71. The molecule has 134 valence electrons. The highest BCUT2D eigenvalue weighted by Gasteiger charge is 2.25. The maximum Gasteiger partial charge on any atom is 0.255 e. The van der Waals surface area contributed by atoms with Crippen LogP contribution in [0.25, 0.3) is 0 Å². The van der Waals surface area contributed by atoms with E-state index in [0.717, 1.165) is 30.4 Å². The number of thiophene rings is 1. The van der Waals surface area contributed by atoms with Crippen molar-refractivity contribution in [2.45, 2.75) is 43.5 Å². The van der Waals surface area contributed by atoms with Crippen molar-refractivity contribution in [3.63, 3.8) is 0 Å². The lowest BCUT2D eigenvalue weighted by molar-refractivity contribution is 0.0742. The molecule has 1 amide bonds. The maximum absolute atomic E-state index is 12.9. The summed E-state index contributed by atoms with van der Waals surface area (Å²) in [5.41, 5.74) is 2.90. The summed E-state index contributed by atoms with van der Waals surface area (Å²) in [6, 6.07) is 6.20. The molecule has 1 aliphatic carbocycles. The highest BCUT2D eigenvalue weighted by Crippen LogP contribution is 2.32. The molecule has 0 unspecified atom stereocenters. The molecule has 0 aliphatic heterocycles. The van der Waals surface area contributed by atoms with Crippen LogP contribution in [-0.4, -0.2) is 26.3 Å². The van der Waals surface area contributed by atoms with Gasteiger partial charge in [-0.3, -0.25) is 4.79 Å². The molecule has 0 radical (unpaired) electrons. The van der Waals surface area contributed by atoms with Gasteiger partial charge in [-0.25, -0.2) is 13.6 Å². The fourth-order valence-electron chi connectivity index (χ4n) is 3.20. The first-order chi connectivity index (χ1) is 11.8. The molecule has 0 saturated heterocycles. The zero-order valence-corrected chi connectivity index (χ0v) is 16.0. The molecule has 0 fully saturated rings. The van der Waals surface area contributed by atoms with Gasteiger partial charge in [-0.1, -0.05) is 12.1 Å². The lowest BCUT2D eigenvalue weighted by atomic mass is 9.95. The molecule has 1 atom stereocenters. The average molecular weight is 379 g/mol. The molecule has 5 nitrogen and oxygen atoms in total. The van der Waals surface area contributed by atoms with Gasteiger partial charge in [-0.2, -0.15) is 0 Å². The number of carbonyl (C=O) groups is 1. The first-order valence-corrected chi connectivity index (χ1v) is 10.7. The summed E-state index contributed by atoms with van der Waals surface area (Å²) in [5.74, 6) is 0.0161. The van der Waals surface area contributed by atoms with Crippen LogP contribution < -0.4 is 5.14 Å². The van der Waals surface area contributed by atoms with E-state index in [1.807, 2.05) is 12.3 Å². The Labute approximate surface area is 152 Å². The topological polar surface area (TPSA) is 80.5 Å². The Morgan fingerprint density at radius 2 is 1.84 bits per heavy atom. The Kier molecular flexibility index (Phi) is 4.99. The van der Waals surface area contributed by atoms with Gasteiger partial charge in [-0.05, 0) is 55.9 Å². The highest BCUT2D eigenvalue weighted by molar-refractivity contribution is 7.89. The number of amides is 1. The zero-order chi connectivity index (χ0) is 18.2. The van der Waals surface area contributed by atoms with Gasteiger partial charge in [0.15, 0.2) is 0 Å². The van der Waals surface area contributed by atoms with E-state index < -0.39 is 10.0 Å². The first-order valence-electron chi connectivity index (χ1n) is 8.28. The molecule has 1 aromatic heterocycles. The first kappa shape index (κ1) is 18.1. The van der Waals surface area contributed by atoms with Gasteiger partial charge in [-0.15, -0.1) is 11.3 Å². The van der Waals surface area contributed by atoms with E-state index in [1.165, 1.54) is 29.0 Å². The molecule has 1 aliphatic rings. The Morgan fingerprint density at radius 1 is 1.20 bits per heavy atom. The van der Waals surface area contributed by atoms with Crippen LogP contribution in [0.4, 0.5) is 0 Å². The number of hydrogen-bond acceptors (Lipinski definition) is 4. The van der Waals surface area contributed by atoms with Crippen LogP contribution in [0.2, 0.25) is 0 Å². The predicted octanol–water partition coefficient (Wildman–Crippen LogP) is 3.11. The Hall–Kier alpha value is -1.70. The molecule has 2 aromatic rings. The number of primary sulfonamides is 1. The number of nitrogens with two attached hydrogens (primary N) is 1. The molecule has 1 heterocycles. The molecule has 0 spiro atoms. The summed E-state index contributed by atoms with van der Waals surface area (Å²) in [7, 11) is -1.92. The van der Waals surface area contributed by atoms with Gasteiger partial charge >= 0.3 is 0 Å². The second-order valence-corrected chi connectivity index (χ2v) is 8.99. The van der Waals surface area contributed by atoms with E-state index in [2.05, 4.69) is 0 Å². The van der Waals surface area contributed by atoms with Crippen molar-refractivity contribution in [3.8, 4) is 0 Å². The number of carbonyl (C=O) groups excluding carboxylic acids is 1. The third-order valence-corrected chi connectivity index (χ3v) is 6.90. The van der Waals surface area contributed by atoms with Crippen molar-refractivity contribution >= 4 is 27.3 Å². The Bertz CT molecular complexity index is 886. The highest BCUT2D eigenvalue weighted by atomic mass is 32.2. The van der Waals surface area contributed by atoms with Crippen molar-refractivity contribution < 1.29 is 13.2 Å². The number of hydrogen-bond donors (Lipinski definition) is 1. The second kappa shape index (κ2) is 6.90. The van der Waals surface area contributed by atoms with Crippen LogP contribution in [0.3, 0.4) is 0 Å². The van der Waals surface area contributed by atoms with Crippen molar-refractivity contribution in [1.29, 1.82) is 0 Å². The predicted molar refractivity (Wildman–Crippen MR) is 99.3 cm³/mol. The van der Waals surface area contributed by atoms with Crippen LogP contribution in [0, 0.1) is 0 Å². The number of benzene rings is 1. The van der Waals surface area contributed by atoms with Gasteiger partial charge in [0.2, 0.25) is 10.0 Å². The Balaban J connectivity index is 1.81. The normalized spacial score (nSPS) is 15.5. The number of nitrogens with zero attached hydrogens (tertiary/aromatic N) is 1. The van der Waals surface area contributed by atoms with Gasteiger partial charge in [0, 0.05) is 17.3 Å². The zero-order valence-electron chi connectivity index (χ0n) is 14.4. The fraction of sp³-hybridized carbons (Fsp3) is 0.389. The molecule has 0 saturated carbocycles. The number of rotatable bonds is 4. The lowest BCUT2D eigenvalue weighted by Gasteiger charge is -2.26. The summed E-state index contributed by atoms with van der Waals surface area (Å²) in [6.45, 7) is 1.93. The van der Waals surface area contributed by atoms with Crippen molar-refractivity contribution in [2.24, 2.45) is 5.14 Å². The smallest absolute Gasteiger partial charge is 0.255 e. The number of aryl methyl sites for hydroxylation is 1. The molecule has 7 heteroatoms. The standard InChI is InChI=1S/C18H22N2O3S2/c1-12(13-7-9-14(10-8-13)25(19,22)23)20(2)18(21)16-11-24-17-6-4-3-5-15(16)17/h7-12H,3-6H2,1-2H3,(H2,19,22,23)/t12-/m1/s1. The average Bonchev–Trinajstić information content (AvgIpc) is 3.03. The third kappa shape index (κ3) is 3.63. The van der Waals surface area contributed by atoms with E-state index in [4.69, 9.17) is 5.14 Å². The molecule has 3 rings (SSSR count). The SMILES string of the molecule is C[C@H](c1ccc(S(N)(=O)=O)cc1)N(C)C(=O)c1csc2c1CCCC2. The van der Waals surface area contributed by atoms with E-state index in [1.54, 1.807) is 35.4 Å². The summed E-state index contributed by atoms with van der Waals surface area (Å²) in [5, 5.41) is 7.11. The van der Waals surface area contributed by atoms with Gasteiger partial charge in [0.1, 0.15) is 0 Å². The van der Waals surface area contributed by atoms with E-state index in [0.29, 0.717) is 0 Å². The molecular formula is C18H22N2O3S2. The van der Waals surface area contributed by atoms with Gasteiger partial charge in [0.25, 0.3) is 5.91 Å². The van der Waals surface area contributed by atoms with Crippen molar-refractivity contribution in [3.05, 3.63) is 51.2 Å². The van der Waals surface area contributed by atoms with Crippen LogP contribution >= 0.6 is 11.3 Å². The molecule has 2 N–H and O–H groups in total. The van der Waals surface area contributed by atoms with Crippen LogP contribution in [0.1, 0.15) is 52.2 Å². The largest absolute Gasteiger partial charge is 0.335 e.